The Kier molecular flexibility index (Phi) is 5.28. The van der Waals surface area contributed by atoms with E-state index >= 15 is 0 Å². The summed E-state index contributed by atoms with van der Waals surface area (Å²) < 4.78 is 6.68. The molecule has 0 radical (unpaired) electrons. The first kappa shape index (κ1) is 24.3. The van der Waals surface area contributed by atoms with Gasteiger partial charge in [-0.25, -0.2) is 0 Å². The van der Waals surface area contributed by atoms with Crippen molar-refractivity contribution < 1.29 is 4.74 Å². The highest BCUT2D eigenvalue weighted by Crippen LogP contribution is 2.62. The molecule has 6 aromatic carbocycles. The van der Waals surface area contributed by atoms with E-state index in [2.05, 4.69) is 138 Å². The number of hydrogen-bond donors (Lipinski definition) is 0. The topological polar surface area (TPSA) is 35.0 Å². The Balaban J connectivity index is 1.15. The molecule has 0 unspecified atom stereocenters. The van der Waals surface area contributed by atoms with Crippen LogP contribution >= 0.6 is 11.3 Å². The molecule has 0 N–H and O–H groups in total. The molecule has 0 amide bonds. The zero-order chi connectivity index (χ0) is 28.4. The summed E-state index contributed by atoms with van der Waals surface area (Å²) in [6, 6.07) is 51.6. The Labute approximate surface area is 253 Å². The zero-order valence-electron chi connectivity index (χ0n) is 23.1. The van der Waals surface area contributed by atoms with Crippen LogP contribution in [0.5, 0.6) is 11.5 Å². The van der Waals surface area contributed by atoms with Gasteiger partial charge in [-0.15, -0.1) is 10.2 Å². The van der Waals surface area contributed by atoms with E-state index in [1.54, 1.807) is 11.3 Å². The molecular weight excluding hydrogens is 545 g/mol. The molecule has 1 spiro atoms. The molecule has 2 heterocycles. The molecule has 202 valence electrons. The van der Waals surface area contributed by atoms with E-state index in [1.165, 1.54) is 33.4 Å². The first-order valence-corrected chi connectivity index (χ1v) is 15.2. The summed E-state index contributed by atoms with van der Waals surface area (Å²) in [5, 5.41) is 10.7. The third-order valence-electron chi connectivity index (χ3n) is 8.76. The number of fused-ring (bicyclic) bond motifs is 9. The van der Waals surface area contributed by atoms with Crippen LogP contribution in [0.15, 0.2) is 146 Å². The smallest absolute Gasteiger partial charge is 0.148 e. The lowest BCUT2D eigenvalue weighted by Gasteiger charge is -2.39. The van der Waals surface area contributed by atoms with Gasteiger partial charge in [-0.3, -0.25) is 0 Å². The second-order valence-electron chi connectivity index (χ2n) is 11.0. The van der Waals surface area contributed by atoms with Crippen LogP contribution in [-0.2, 0) is 5.41 Å². The minimum Gasteiger partial charge on any atom is -0.457 e. The average molecular weight is 569 g/mol. The molecular formula is C39H24N2OS. The van der Waals surface area contributed by atoms with Gasteiger partial charge in [0.2, 0.25) is 0 Å². The molecule has 43 heavy (non-hydrogen) atoms. The number of rotatable bonds is 3. The van der Waals surface area contributed by atoms with Gasteiger partial charge in [0, 0.05) is 22.3 Å². The molecule has 1 aliphatic heterocycles. The van der Waals surface area contributed by atoms with Crippen LogP contribution in [-0.4, -0.2) is 10.2 Å². The van der Waals surface area contributed by atoms with Gasteiger partial charge >= 0.3 is 0 Å². The normalized spacial score (nSPS) is 13.5. The second kappa shape index (κ2) is 9.35. The maximum atomic E-state index is 6.68. The number of nitrogens with zero attached hydrogens (tertiary/aromatic N) is 2. The predicted molar refractivity (Wildman–Crippen MR) is 174 cm³/mol. The molecule has 1 aliphatic carbocycles. The van der Waals surface area contributed by atoms with E-state index in [0.717, 1.165) is 43.8 Å². The van der Waals surface area contributed by atoms with Crippen LogP contribution in [0.1, 0.15) is 22.3 Å². The molecule has 0 fully saturated rings. The molecule has 4 heteroatoms. The van der Waals surface area contributed by atoms with Gasteiger partial charge < -0.3 is 4.74 Å². The van der Waals surface area contributed by atoms with Gasteiger partial charge in [0.15, 0.2) is 0 Å². The van der Waals surface area contributed by atoms with Crippen molar-refractivity contribution in [2.75, 3.05) is 0 Å². The van der Waals surface area contributed by atoms with Crippen molar-refractivity contribution in [3.63, 3.8) is 0 Å². The van der Waals surface area contributed by atoms with Gasteiger partial charge in [-0.1, -0.05) is 145 Å². The minimum absolute atomic E-state index is 0.436. The predicted octanol–water partition coefficient (Wildman–Crippen LogP) is 10.0. The van der Waals surface area contributed by atoms with Crippen molar-refractivity contribution >= 4 is 11.3 Å². The van der Waals surface area contributed by atoms with Crippen molar-refractivity contribution in [3.05, 3.63) is 168 Å². The number of ether oxygens (including phenoxy) is 1. The molecule has 0 saturated carbocycles. The van der Waals surface area contributed by atoms with E-state index in [1.807, 2.05) is 18.2 Å². The first-order valence-electron chi connectivity index (χ1n) is 14.4. The Morgan fingerprint density at radius 3 is 1.63 bits per heavy atom. The molecule has 2 aliphatic rings. The monoisotopic (exact) mass is 568 g/mol. The zero-order valence-corrected chi connectivity index (χ0v) is 23.9. The van der Waals surface area contributed by atoms with E-state index < -0.39 is 5.41 Å². The van der Waals surface area contributed by atoms with E-state index in [0.29, 0.717) is 0 Å². The van der Waals surface area contributed by atoms with E-state index in [4.69, 9.17) is 4.74 Å². The molecule has 9 rings (SSSR count). The fourth-order valence-corrected chi connectivity index (χ4v) is 7.74. The van der Waals surface area contributed by atoms with Crippen LogP contribution < -0.4 is 4.74 Å². The van der Waals surface area contributed by atoms with Crippen LogP contribution in [0, 0.1) is 0 Å². The lowest BCUT2D eigenvalue weighted by Crippen LogP contribution is -2.32. The van der Waals surface area contributed by atoms with Crippen LogP contribution in [0.25, 0.3) is 43.4 Å². The molecule has 0 saturated heterocycles. The van der Waals surface area contributed by atoms with Crippen LogP contribution in [0.2, 0.25) is 0 Å². The SMILES string of the molecule is c1ccc(-c2nnc(-c3ccc(-c4ccc5c(c4)Oc4ccccc4C54c5ccccc5-c5ccccc54)cc3)s2)cc1. The molecule has 0 atom stereocenters. The fourth-order valence-electron chi connectivity index (χ4n) is 6.88. The highest BCUT2D eigenvalue weighted by molar-refractivity contribution is 7.17. The number of aromatic nitrogens is 2. The van der Waals surface area contributed by atoms with Gasteiger partial charge in [-0.05, 0) is 45.5 Å². The van der Waals surface area contributed by atoms with Gasteiger partial charge in [0.25, 0.3) is 0 Å². The maximum Gasteiger partial charge on any atom is 0.148 e. The quantitative estimate of drug-likeness (QED) is 0.213. The lowest BCUT2D eigenvalue weighted by atomic mass is 9.66. The lowest BCUT2D eigenvalue weighted by molar-refractivity contribution is 0.436. The Morgan fingerprint density at radius 2 is 0.930 bits per heavy atom. The molecule has 3 nitrogen and oxygen atoms in total. The summed E-state index contributed by atoms with van der Waals surface area (Å²) in [6.07, 6.45) is 0. The van der Waals surface area contributed by atoms with Gasteiger partial charge in [-0.2, -0.15) is 0 Å². The van der Waals surface area contributed by atoms with E-state index in [9.17, 15) is 0 Å². The van der Waals surface area contributed by atoms with Gasteiger partial charge in [0.05, 0.1) is 5.41 Å². The summed E-state index contributed by atoms with van der Waals surface area (Å²) >= 11 is 1.61. The highest BCUT2D eigenvalue weighted by Gasteiger charge is 2.50. The summed E-state index contributed by atoms with van der Waals surface area (Å²) in [5.41, 5.74) is 11.5. The Bertz CT molecular complexity index is 2120. The second-order valence-corrected chi connectivity index (χ2v) is 12.0. The number of para-hydroxylation sites is 1. The number of hydrogen-bond acceptors (Lipinski definition) is 4. The summed E-state index contributed by atoms with van der Waals surface area (Å²) in [7, 11) is 0. The number of benzene rings is 6. The summed E-state index contributed by atoms with van der Waals surface area (Å²) in [5.74, 6) is 1.79. The van der Waals surface area contributed by atoms with Crippen molar-refractivity contribution in [2.45, 2.75) is 5.41 Å². The van der Waals surface area contributed by atoms with Crippen LogP contribution in [0.4, 0.5) is 0 Å². The first-order chi connectivity index (χ1) is 21.3. The fraction of sp³-hybridized carbons (Fsp3) is 0.0256. The summed E-state index contributed by atoms with van der Waals surface area (Å²) in [4.78, 5) is 0. The van der Waals surface area contributed by atoms with Gasteiger partial charge in [0.1, 0.15) is 21.5 Å². The van der Waals surface area contributed by atoms with Crippen molar-refractivity contribution in [1.29, 1.82) is 0 Å². The molecule has 0 bridgehead atoms. The third kappa shape index (κ3) is 3.54. The van der Waals surface area contributed by atoms with Crippen molar-refractivity contribution in [1.82, 2.24) is 10.2 Å². The Hall–Kier alpha value is -5.32. The highest BCUT2D eigenvalue weighted by atomic mass is 32.1. The largest absolute Gasteiger partial charge is 0.457 e. The molecule has 7 aromatic rings. The van der Waals surface area contributed by atoms with Crippen LogP contribution in [0.3, 0.4) is 0 Å². The standard InChI is InChI=1S/C39H24N2OS/c1-2-10-26(11-3-1)37-40-41-38(43-37)27-20-18-25(19-21-27)28-22-23-34-36(24-28)42-35-17-9-8-16-33(35)39(34)31-14-6-4-12-29(31)30-13-5-7-15-32(30)39/h1-24H. The minimum atomic E-state index is -0.436. The maximum absolute atomic E-state index is 6.68. The Morgan fingerprint density at radius 1 is 0.419 bits per heavy atom. The molecule has 1 aromatic heterocycles. The average Bonchev–Trinajstić information content (AvgIpc) is 3.68. The van der Waals surface area contributed by atoms with Crippen molar-refractivity contribution in [2.24, 2.45) is 0 Å². The van der Waals surface area contributed by atoms with Crippen molar-refractivity contribution in [3.8, 4) is 54.9 Å². The summed E-state index contributed by atoms with van der Waals surface area (Å²) in [6.45, 7) is 0. The van der Waals surface area contributed by atoms with E-state index in [-0.39, 0.29) is 0 Å². The third-order valence-corrected chi connectivity index (χ3v) is 9.78.